The van der Waals surface area contributed by atoms with Crippen molar-refractivity contribution in [3.05, 3.63) is 24.3 Å². The first kappa shape index (κ1) is 15.7. The second kappa shape index (κ2) is 6.37. The van der Waals surface area contributed by atoms with E-state index in [1.165, 1.54) is 18.5 Å². The molecule has 0 saturated carbocycles. The van der Waals surface area contributed by atoms with Gasteiger partial charge in [0.2, 0.25) is 5.91 Å². The van der Waals surface area contributed by atoms with Gasteiger partial charge in [-0.25, -0.2) is 0 Å². The molecule has 0 aliphatic carbocycles. The van der Waals surface area contributed by atoms with Crippen molar-refractivity contribution in [1.82, 2.24) is 5.32 Å². The molecule has 1 saturated heterocycles. The van der Waals surface area contributed by atoms with E-state index < -0.39 is 0 Å². The normalized spacial score (nSPS) is 16.7. The Morgan fingerprint density at radius 1 is 1.14 bits per heavy atom. The fourth-order valence-corrected chi connectivity index (χ4v) is 2.54. The fraction of sp³-hybridized carbons (Fsp3) is 0.588. The van der Waals surface area contributed by atoms with Gasteiger partial charge in [0.25, 0.3) is 0 Å². The number of nitrogens with one attached hydrogen (secondary N) is 2. The molecule has 1 atom stereocenters. The predicted molar refractivity (Wildman–Crippen MR) is 88.9 cm³/mol. The first-order valence-corrected chi connectivity index (χ1v) is 7.79. The summed E-state index contributed by atoms with van der Waals surface area (Å²) < 4.78 is 0. The van der Waals surface area contributed by atoms with Crippen LogP contribution in [0.25, 0.3) is 0 Å². The highest BCUT2D eigenvalue weighted by molar-refractivity contribution is 5.84. The lowest BCUT2D eigenvalue weighted by Crippen LogP contribution is -2.47. The molecule has 1 aromatic rings. The van der Waals surface area contributed by atoms with Crippen LogP contribution in [0.15, 0.2) is 24.3 Å². The number of anilines is 2. The van der Waals surface area contributed by atoms with Crippen LogP contribution in [0.1, 0.15) is 40.5 Å². The van der Waals surface area contributed by atoms with Crippen LogP contribution in [-0.2, 0) is 4.79 Å². The topological polar surface area (TPSA) is 44.4 Å². The number of benzene rings is 1. The monoisotopic (exact) mass is 289 g/mol. The molecule has 1 aliphatic rings. The van der Waals surface area contributed by atoms with Crippen molar-refractivity contribution >= 4 is 17.3 Å². The van der Waals surface area contributed by atoms with Crippen LogP contribution in [0.3, 0.4) is 0 Å². The second-order valence-electron chi connectivity index (χ2n) is 6.85. The lowest BCUT2D eigenvalue weighted by molar-refractivity contribution is -0.122. The van der Waals surface area contributed by atoms with Crippen LogP contribution < -0.4 is 15.5 Å². The summed E-state index contributed by atoms with van der Waals surface area (Å²) in [6.07, 6.45) is 2.56. The number of amides is 1. The van der Waals surface area contributed by atoms with Gasteiger partial charge in [0.1, 0.15) is 6.04 Å². The molecule has 4 heteroatoms. The van der Waals surface area contributed by atoms with Crippen LogP contribution in [0, 0.1) is 0 Å². The van der Waals surface area contributed by atoms with Crippen LogP contribution in [0.5, 0.6) is 0 Å². The van der Waals surface area contributed by atoms with Crippen molar-refractivity contribution in [2.45, 2.75) is 52.1 Å². The standard InChI is InChI=1S/C17H27N3O/c1-13(16(21)19-17(2,3)4)18-14-7-9-15(10-8-14)20-11-5-6-12-20/h7-10,13,18H,5-6,11-12H2,1-4H3,(H,19,21). The first-order chi connectivity index (χ1) is 9.85. The Hall–Kier alpha value is -1.71. The molecule has 0 bridgehead atoms. The third-order valence-electron chi connectivity index (χ3n) is 3.61. The Kier molecular flexibility index (Phi) is 4.76. The highest BCUT2D eigenvalue weighted by Crippen LogP contribution is 2.22. The van der Waals surface area contributed by atoms with Gasteiger partial charge in [0.15, 0.2) is 0 Å². The Morgan fingerprint density at radius 3 is 2.24 bits per heavy atom. The lowest BCUT2D eigenvalue weighted by Gasteiger charge is -2.24. The van der Waals surface area contributed by atoms with Gasteiger partial charge in [-0.15, -0.1) is 0 Å². The van der Waals surface area contributed by atoms with Gasteiger partial charge < -0.3 is 15.5 Å². The molecular weight excluding hydrogens is 262 g/mol. The SMILES string of the molecule is CC(Nc1ccc(N2CCCC2)cc1)C(=O)NC(C)(C)C. The summed E-state index contributed by atoms with van der Waals surface area (Å²) in [5.41, 5.74) is 2.05. The molecule has 4 nitrogen and oxygen atoms in total. The molecule has 21 heavy (non-hydrogen) atoms. The molecule has 2 N–H and O–H groups in total. The summed E-state index contributed by atoms with van der Waals surface area (Å²) in [6, 6.07) is 8.11. The summed E-state index contributed by atoms with van der Waals surface area (Å²) in [5.74, 6) is 0.0196. The average molecular weight is 289 g/mol. The number of hydrogen-bond acceptors (Lipinski definition) is 3. The minimum absolute atomic E-state index is 0.0196. The van der Waals surface area contributed by atoms with E-state index in [4.69, 9.17) is 0 Å². The quantitative estimate of drug-likeness (QED) is 0.895. The van der Waals surface area contributed by atoms with E-state index in [2.05, 4.69) is 39.8 Å². The highest BCUT2D eigenvalue weighted by atomic mass is 16.2. The van der Waals surface area contributed by atoms with E-state index in [-0.39, 0.29) is 17.5 Å². The molecule has 1 unspecified atom stereocenters. The van der Waals surface area contributed by atoms with E-state index in [1.54, 1.807) is 0 Å². The molecule has 2 rings (SSSR count). The Morgan fingerprint density at radius 2 is 1.71 bits per heavy atom. The van der Waals surface area contributed by atoms with Crippen LogP contribution in [-0.4, -0.2) is 30.6 Å². The molecule has 116 valence electrons. The van der Waals surface area contributed by atoms with E-state index in [0.29, 0.717) is 0 Å². The molecule has 0 spiro atoms. The largest absolute Gasteiger partial charge is 0.374 e. The predicted octanol–water partition coefficient (Wildman–Crippen LogP) is 3.00. The average Bonchev–Trinajstić information content (AvgIpc) is 2.91. The molecule has 1 aliphatic heterocycles. The van der Waals surface area contributed by atoms with Crippen molar-refractivity contribution in [3.8, 4) is 0 Å². The van der Waals surface area contributed by atoms with Gasteiger partial charge in [0, 0.05) is 30.0 Å². The molecule has 1 aromatic carbocycles. The van der Waals surface area contributed by atoms with Gasteiger partial charge in [-0.05, 0) is 64.8 Å². The zero-order valence-corrected chi connectivity index (χ0v) is 13.6. The van der Waals surface area contributed by atoms with Gasteiger partial charge in [0.05, 0.1) is 0 Å². The number of carbonyl (C=O) groups excluding carboxylic acids is 1. The first-order valence-electron chi connectivity index (χ1n) is 7.79. The Labute approximate surface area is 127 Å². The molecule has 1 amide bonds. The summed E-state index contributed by atoms with van der Waals surface area (Å²) in [5, 5.41) is 6.24. The van der Waals surface area contributed by atoms with Gasteiger partial charge in [-0.3, -0.25) is 4.79 Å². The highest BCUT2D eigenvalue weighted by Gasteiger charge is 2.19. The van der Waals surface area contributed by atoms with Crippen molar-refractivity contribution in [2.75, 3.05) is 23.3 Å². The lowest BCUT2D eigenvalue weighted by atomic mass is 10.1. The van der Waals surface area contributed by atoms with Gasteiger partial charge in [-0.2, -0.15) is 0 Å². The number of rotatable bonds is 4. The minimum atomic E-state index is -0.248. The van der Waals surface area contributed by atoms with E-state index in [0.717, 1.165) is 18.8 Å². The Balaban J connectivity index is 1.91. The molecule has 1 fully saturated rings. The summed E-state index contributed by atoms with van der Waals surface area (Å²) in [7, 11) is 0. The number of nitrogens with zero attached hydrogens (tertiary/aromatic N) is 1. The van der Waals surface area contributed by atoms with E-state index >= 15 is 0 Å². The van der Waals surface area contributed by atoms with Crippen LogP contribution >= 0.6 is 0 Å². The third-order valence-corrected chi connectivity index (χ3v) is 3.61. The van der Waals surface area contributed by atoms with Crippen molar-refractivity contribution in [1.29, 1.82) is 0 Å². The van der Waals surface area contributed by atoms with Crippen molar-refractivity contribution < 1.29 is 4.79 Å². The fourth-order valence-electron chi connectivity index (χ4n) is 2.54. The Bertz CT molecular complexity index is 470. The van der Waals surface area contributed by atoms with Crippen molar-refractivity contribution in [3.63, 3.8) is 0 Å². The van der Waals surface area contributed by atoms with E-state index in [1.807, 2.05) is 27.7 Å². The van der Waals surface area contributed by atoms with Gasteiger partial charge in [-0.1, -0.05) is 0 Å². The summed E-state index contributed by atoms with van der Waals surface area (Å²) >= 11 is 0. The van der Waals surface area contributed by atoms with Gasteiger partial charge >= 0.3 is 0 Å². The maximum Gasteiger partial charge on any atom is 0.242 e. The third kappa shape index (κ3) is 4.66. The second-order valence-corrected chi connectivity index (χ2v) is 6.85. The summed E-state index contributed by atoms with van der Waals surface area (Å²) in [4.78, 5) is 14.5. The van der Waals surface area contributed by atoms with Crippen molar-refractivity contribution in [2.24, 2.45) is 0 Å². The van der Waals surface area contributed by atoms with Crippen LogP contribution in [0.2, 0.25) is 0 Å². The molecule has 0 aromatic heterocycles. The summed E-state index contributed by atoms with van der Waals surface area (Å²) in [6.45, 7) is 10.1. The maximum absolute atomic E-state index is 12.1. The molecule has 0 radical (unpaired) electrons. The zero-order valence-electron chi connectivity index (χ0n) is 13.6. The zero-order chi connectivity index (χ0) is 15.5. The molecule has 1 heterocycles. The number of carbonyl (C=O) groups is 1. The minimum Gasteiger partial charge on any atom is -0.374 e. The maximum atomic E-state index is 12.1. The number of hydrogen-bond donors (Lipinski definition) is 2. The van der Waals surface area contributed by atoms with E-state index in [9.17, 15) is 4.79 Å². The smallest absolute Gasteiger partial charge is 0.242 e. The molecular formula is C17H27N3O. The van der Waals surface area contributed by atoms with Crippen LogP contribution in [0.4, 0.5) is 11.4 Å².